The number of rotatable bonds is 4. The number of hydrogen-bond donors (Lipinski definition) is 1. The minimum Gasteiger partial charge on any atom is -0.454 e. The van der Waals surface area contributed by atoms with Crippen LogP contribution >= 0.6 is 0 Å². The van der Waals surface area contributed by atoms with Gasteiger partial charge in [0.2, 0.25) is 0 Å². The van der Waals surface area contributed by atoms with E-state index in [0.29, 0.717) is 30.1 Å². The molecule has 6 nitrogen and oxygen atoms in total. The molecular weight excluding hydrogens is 416 g/mol. The Morgan fingerprint density at radius 2 is 1.91 bits per heavy atom. The SMILES string of the molecule is CC(C)(O)c1ccc(-c2cc3nccc(-c4cccc(C(=O)N5CC6OCC65)c4)c3o2)cc1. The largest absolute Gasteiger partial charge is 0.454 e. The van der Waals surface area contributed by atoms with Crippen LogP contribution in [0.3, 0.4) is 0 Å². The number of fused-ring (bicyclic) bond motifs is 2. The Kier molecular flexibility index (Phi) is 4.44. The Labute approximate surface area is 191 Å². The molecule has 6 heteroatoms. The molecule has 2 saturated heterocycles. The molecule has 0 radical (unpaired) electrons. The number of amides is 1. The van der Waals surface area contributed by atoms with Crippen molar-refractivity contribution in [2.24, 2.45) is 0 Å². The van der Waals surface area contributed by atoms with E-state index in [1.165, 1.54) is 0 Å². The summed E-state index contributed by atoms with van der Waals surface area (Å²) < 4.78 is 11.7. The van der Waals surface area contributed by atoms with Crippen LogP contribution in [0.4, 0.5) is 0 Å². The van der Waals surface area contributed by atoms with Crippen LogP contribution in [0.25, 0.3) is 33.6 Å². The van der Waals surface area contributed by atoms with Crippen LogP contribution in [0.1, 0.15) is 29.8 Å². The zero-order chi connectivity index (χ0) is 22.7. The number of benzene rings is 2. The van der Waals surface area contributed by atoms with E-state index in [0.717, 1.165) is 27.8 Å². The van der Waals surface area contributed by atoms with E-state index in [2.05, 4.69) is 4.98 Å². The highest BCUT2D eigenvalue weighted by Crippen LogP contribution is 2.36. The molecule has 2 fully saturated rings. The molecule has 0 aliphatic carbocycles. The van der Waals surface area contributed by atoms with Crippen molar-refractivity contribution in [2.45, 2.75) is 31.6 Å². The van der Waals surface area contributed by atoms with Crippen LogP contribution in [-0.4, -0.2) is 46.2 Å². The maximum atomic E-state index is 13.0. The summed E-state index contributed by atoms with van der Waals surface area (Å²) in [5.74, 6) is 0.745. The summed E-state index contributed by atoms with van der Waals surface area (Å²) in [5, 5.41) is 10.2. The molecule has 166 valence electrons. The molecule has 0 bridgehead atoms. The van der Waals surface area contributed by atoms with Crippen LogP contribution in [0.5, 0.6) is 0 Å². The lowest BCUT2D eigenvalue weighted by Gasteiger charge is -2.54. The molecule has 0 saturated carbocycles. The van der Waals surface area contributed by atoms with Gasteiger partial charge in [-0.25, -0.2) is 0 Å². The highest BCUT2D eigenvalue weighted by atomic mass is 16.5. The molecular formula is C27H24N2O4. The van der Waals surface area contributed by atoms with Crippen molar-refractivity contribution in [1.29, 1.82) is 0 Å². The van der Waals surface area contributed by atoms with Gasteiger partial charge >= 0.3 is 0 Å². The van der Waals surface area contributed by atoms with E-state index in [1.807, 2.05) is 65.6 Å². The fourth-order valence-electron chi connectivity index (χ4n) is 4.54. The van der Waals surface area contributed by atoms with E-state index in [1.54, 1.807) is 20.0 Å². The van der Waals surface area contributed by atoms with Crippen molar-refractivity contribution in [1.82, 2.24) is 9.88 Å². The van der Waals surface area contributed by atoms with Gasteiger partial charge in [0.05, 0.1) is 24.4 Å². The highest BCUT2D eigenvalue weighted by molar-refractivity contribution is 5.98. The minimum atomic E-state index is -0.897. The predicted octanol–water partition coefficient (Wildman–Crippen LogP) is 4.61. The number of carbonyl (C=O) groups is 1. The van der Waals surface area contributed by atoms with E-state index >= 15 is 0 Å². The Morgan fingerprint density at radius 3 is 2.58 bits per heavy atom. The standard InChI is InChI=1S/C27H24N2O4/c1-27(2,31)19-8-6-16(7-9-19)23-13-21-25(33-23)20(10-11-28-21)17-4-3-5-18(12-17)26(30)29-14-24-22(29)15-32-24/h3-13,22,24,31H,14-15H2,1-2H3. The van der Waals surface area contributed by atoms with Gasteiger partial charge in [-0.15, -0.1) is 0 Å². The highest BCUT2D eigenvalue weighted by Gasteiger charge is 2.49. The molecule has 4 aromatic rings. The first-order valence-electron chi connectivity index (χ1n) is 11.1. The number of carbonyl (C=O) groups excluding carboxylic acids is 1. The molecule has 2 aliphatic rings. The quantitative estimate of drug-likeness (QED) is 0.501. The zero-order valence-electron chi connectivity index (χ0n) is 18.5. The summed E-state index contributed by atoms with van der Waals surface area (Å²) >= 11 is 0. The normalized spacial score (nSPS) is 19.7. The van der Waals surface area contributed by atoms with Crippen LogP contribution in [0, 0.1) is 0 Å². The van der Waals surface area contributed by atoms with Gasteiger partial charge in [0.1, 0.15) is 11.3 Å². The summed E-state index contributed by atoms with van der Waals surface area (Å²) in [6.07, 6.45) is 1.98. The minimum absolute atomic E-state index is 0.0405. The molecule has 2 atom stereocenters. The molecule has 33 heavy (non-hydrogen) atoms. The van der Waals surface area contributed by atoms with Crippen molar-refractivity contribution < 1.29 is 19.1 Å². The van der Waals surface area contributed by atoms with Gasteiger partial charge in [0.25, 0.3) is 5.91 Å². The number of furan rings is 1. The Bertz CT molecular complexity index is 1370. The van der Waals surface area contributed by atoms with Crippen molar-refractivity contribution in [3.05, 3.63) is 78.0 Å². The van der Waals surface area contributed by atoms with Gasteiger partial charge in [-0.1, -0.05) is 36.4 Å². The maximum Gasteiger partial charge on any atom is 0.254 e. The van der Waals surface area contributed by atoms with Crippen molar-refractivity contribution >= 4 is 17.0 Å². The van der Waals surface area contributed by atoms with Crippen LogP contribution in [0.2, 0.25) is 0 Å². The average Bonchev–Trinajstić information content (AvgIpc) is 3.24. The van der Waals surface area contributed by atoms with Crippen molar-refractivity contribution in [2.75, 3.05) is 13.2 Å². The van der Waals surface area contributed by atoms with E-state index in [9.17, 15) is 9.90 Å². The van der Waals surface area contributed by atoms with Crippen LogP contribution in [0.15, 0.2) is 71.3 Å². The molecule has 1 amide bonds. The Hall–Kier alpha value is -3.48. The first kappa shape index (κ1) is 20.1. The molecule has 2 unspecified atom stereocenters. The van der Waals surface area contributed by atoms with Gasteiger partial charge in [-0.2, -0.15) is 0 Å². The number of morpholine rings is 1. The molecule has 2 aliphatic heterocycles. The second kappa shape index (κ2) is 7.27. The molecule has 2 aromatic carbocycles. The lowest BCUT2D eigenvalue weighted by Crippen LogP contribution is -2.71. The summed E-state index contributed by atoms with van der Waals surface area (Å²) in [7, 11) is 0. The van der Waals surface area contributed by atoms with Gasteiger partial charge < -0.3 is 19.2 Å². The maximum absolute atomic E-state index is 13.0. The van der Waals surface area contributed by atoms with Crippen molar-refractivity contribution in [3.8, 4) is 22.5 Å². The lowest BCUT2D eigenvalue weighted by molar-refractivity contribution is -0.195. The van der Waals surface area contributed by atoms with E-state index < -0.39 is 5.60 Å². The number of hydrogen-bond acceptors (Lipinski definition) is 5. The second-order valence-corrected chi connectivity index (χ2v) is 9.30. The van der Waals surface area contributed by atoms with Crippen molar-refractivity contribution in [3.63, 3.8) is 0 Å². The Balaban J connectivity index is 1.34. The summed E-state index contributed by atoms with van der Waals surface area (Å²) in [6.45, 7) is 4.82. The third kappa shape index (κ3) is 3.34. The fraction of sp³-hybridized carbons (Fsp3) is 0.259. The summed E-state index contributed by atoms with van der Waals surface area (Å²) in [4.78, 5) is 19.3. The summed E-state index contributed by atoms with van der Waals surface area (Å²) in [5.41, 5.74) is 4.75. The first-order chi connectivity index (χ1) is 15.9. The number of aliphatic hydroxyl groups is 1. The number of likely N-dealkylation sites (tertiary alicyclic amines) is 1. The number of aromatic nitrogens is 1. The van der Waals surface area contributed by atoms with E-state index in [4.69, 9.17) is 9.15 Å². The second-order valence-electron chi connectivity index (χ2n) is 9.30. The number of pyridine rings is 1. The predicted molar refractivity (Wildman–Crippen MR) is 125 cm³/mol. The third-order valence-corrected chi connectivity index (χ3v) is 6.66. The number of nitrogens with zero attached hydrogens (tertiary/aromatic N) is 2. The topological polar surface area (TPSA) is 75.8 Å². The first-order valence-corrected chi connectivity index (χ1v) is 11.1. The van der Waals surface area contributed by atoms with E-state index in [-0.39, 0.29) is 18.1 Å². The molecule has 0 spiro atoms. The smallest absolute Gasteiger partial charge is 0.254 e. The molecule has 2 aromatic heterocycles. The van der Waals surface area contributed by atoms with Gasteiger partial charge in [0, 0.05) is 35.5 Å². The van der Waals surface area contributed by atoms with Crippen LogP contribution < -0.4 is 0 Å². The monoisotopic (exact) mass is 440 g/mol. The van der Waals surface area contributed by atoms with Gasteiger partial charge in [0.15, 0.2) is 5.58 Å². The summed E-state index contributed by atoms with van der Waals surface area (Å²) in [6, 6.07) is 19.4. The van der Waals surface area contributed by atoms with Crippen LogP contribution in [-0.2, 0) is 10.3 Å². The molecule has 4 heterocycles. The van der Waals surface area contributed by atoms with Gasteiger partial charge in [-0.3, -0.25) is 9.78 Å². The molecule has 1 N–H and O–H groups in total. The molecule has 6 rings (SSSR count). The average molecular weight is 440 g/mol. The zero-order valence-corrected chi connectivity index (χ0v) is 18.5. The lowest BCUT2D eigenvalue weighted by atomic mass is 9.93. The van der Waals surface area contributed by atoms with Gasteiger partial charge in [-0.05, 0) is 43.2 Å². The third-order valence-electron chi connectivity index (χ3n) is 6.66. The fourth-order valence-corrected chi connectivity index (χ4v) is 4.54. The number of ether oxygens (including phenoxy) is 1. The Morgan fingerprint density at radius 1 is 1.09 bits per heavy atom.